The molecule has 1 amide bonds. The Balaban J connectivity index is 1.66. The quantitative estimate of drug-likeness (QED) is 0.849. The maximum atomic E-state index is 12.6. The van der Waals surface area contributed by atoms with Gasteiger partial charge in [-0.2, -0.15) is 0 Å². The van der Waals surface area contributed by atoms with Gasteiger partial charge in [0.25, 0.3) is 5.91 Å². The number of nitrogens with zero attached hydrogens (tertiary/aromatic N) is 2. The molecule has 1 aliphatic rings. The summed E-state index contributed by atoms with van der Waals surface area (Å²) in [6, 6.07) is 13.2. The zero-order chi connectivity index (χ0) is 19.4. The number of phenols is 1. The van der Waals surface area contributed by atoms with Gasteiger partial charge in [-0.3, -0.25) is 9.69 Å². The van der Waals surface area contributed by atoms with Crippen molar-refractivity contribution in [3.8, 4) is 5.75 Å². The molecule has 0 aromatic heterocycles. The second kappa shape index (κ2) is 8.55. The van der Waals surface area contributed by atoms with Crippen molar-refractivity contribution >= 4 is 11.6 Å². The Hall–Kier alpha value is -2.37. The zero-order valence-corrected chi connectivity index (χ0v) is 16.4. The molecule has 144 valence electrons. The minimum atomic E-state index is -0.292. The van der Waals surface area contributed by atoms with Gasteiger partial charge in [0.15, 0.2) is 0 Å². The van der Waals surface area contributed by atoms with E-state index in [-0.39, 0.29) is 11.7 Å². The van der Waals surface area contributed by atoms with Gasteiger partial charge in [0.05, 0.1) is 5.56 Å². The number of carbonyl (C=O) groups excluding carboxylic acids is 1. The Morgan fingerprint density at radius 2 is 1.85 bits per heavy atom. The minimum Gasteiger partial charge on any atom is -0.507 e. The normalized spacial score (nSPS) is 15.9. The Kier molecular flexibility index (Phi) is 6.14. The van der Waals surface area contributed by atoms with Crippen molar-refractivity contribution in [1.82, 2.24) is 9.80 Å². The van der Waals surface area contributed by atoms with Crippen LogP contribution in [0.5, 0.6) is 5.75 Å². The maximum Gasteiger partial charge on any atom is 0.259 e. The first kappa shape index (κ1) is 19.4. The van der Waals surface area contributed by atoms with Gasteiger partial charge in [-0.1, -0.05) is 32.0 Å². The molecule has 0 radical (unpaired) electrons. The van der Waals surface area contributed by atoms with Crippen molar-refractivity contribution in [2.24, 2.45) is 0 Å². The van der Waals surface area contributed by atoms with Crippen LogP contribution in [-0.2, 0) is 6.54 Å². The molecule has 0 atom stereocenters. The van der Waals surface area contributed by atoms with E-state index < -0.39 is 0 Å². The van der Waals surface area contributed by atoms with Crippen LogP contribution in [0, 0.1) is 0 Å². The summed E-state index contributed by atoms with van der Waals surface area (Å²) in [7, 11) is 2.15. The molecule has 0 aliphatic carbocycles. The van der Waals surface area contributed by atoms with Gasteiger partial charge in [0.1, 0.15) is 5.75 Å². The third kappa shape index (κ3) is 5.08. The second-order valence-electron chi connectivity index (χ2n) is 7.67. The molecule has 1 saturated heterocycles. The van der Waals surface area contributed by atoms with Crippen LogP contribution < -0.4 is 5.32 Å². The van der Waals surface area contributed by atoms with Crippen LogP contribution in [-0.4, -0.2) is 54.0 Å². The lowest BCUT2D eigenvalue weighted by Gasteiger charge is -2.32. The molecular weight excluding hydrogens is 338 g/mol. The molecule has 0 bridgehead atoms. The fraction of sp³-hybridized carbons (Fsp3) is 0.409. The van der Waals surface area contributed by atoms with Crippen molar-refractivity contribution < 1.29 is 9.90 Å². The number of benzene rings is 2. The number of piperazine rings is 1. The van der Waals surface area contributed by atoms with Crippen LogP contribution in [0.2, 0.25) is 0 Å². The van der Waals surface area contributed by atoms with Gasteiger partial charge in [-0.25, -0.2) is 0 Å². The van der Waals surface area contributed by atoms with Gasteiger partial charge < -0.3 is 15.3 Å². The fourth-order valence-corrected chi connectivity index (χ4v) is 3.31. The molecule has 0 unspecified atom stereocenters. The second-order valence-corrected chi connectivity index (χ2v) is 7.67. The predicted molar refractivity (Wildman–Crippen MR) is 109 cm³/mol. The molecule has 1 fully saturated rings. The lowest BCUT2D eigenvalue weighted by atomic mass is 10.0. The predicted octanol–water partition coefficient (Wildman–Crippen LogP) is 3.52. The van der Waals surface area contributed by atoms with Crippen molar-refractivity contribution in [3.05, 3.63) is 59.2 Å². The molecule has 5 nitrogen and oxygen atoms in total. The van der Waals surface area contributed by atoms with Crippen LogP contribution in [0.4, 0.5) is 5.69 Å². The summed E-state index contributed by atoms with van der Waals surface area (Å²) in [6.07, 6.45) is 0. The van der Waals surface area contributed by atoms with Crippen LogP contribution >= 0.6 is 0 Å². The van der Waals surface area contributed by atoms with E-state index in [1.54, 1.807) is 12.1 Å². The molecule has 0 saturated carbocycles. The van der Waals surface area contributed by atoms with E-state index in [2.05, 4.69) is 42.1 Å². The molecule has 2 aromatic carbocycles. The topological polar surface area (TPSA) is 55.8 Å². The highest BCUT2D eigenvalue weighted by Crippen LogP contribution is 2.25. The van der Waals surface area contributed by atoms with E-state index >= 15 is 0 Å². The van der Waals surface area contributed by atoms with Crippen molar-refractivity contribution in [3.63, 3.8) is 0 Å². The summed E-state index contributed by atoms with van der Waals surface area (Å²) >= 11 is 0. The van der Waals surface area contributed by atoms with Gasteiger partial charge in [-0.15, -0.1) is 0 Å². The largest absolute Gasteiger partial charge is 0.507 e. The number of carbonyl (C=O) groups is 1. The van der Waals surface area contributed by atoms with E-state index in [9.17, 15) is 9.90 Å². The number of hydrogen-bond donors (Lipinski definition) is 2. The summed E-state index contributed by atoms with van der Waals surface area (Å²) < 4.78 is 0. The molecule has 2 aromatic rings. The summed E-state index contributed by atoms with van der Waals surface area (Å²) in [6.45, 7) is 9.28. The average Bonchev–Trinajstić information content (AvgIpc) is 2.63. The molecule has 3 rings (SSSR count). The fourth-order valence-electron chi connectivity index (χ4n) is 3.31. The molecule has 0 spiro atoms. The summed E-state index contributed by atoms with van der Waals surface area (Å²) in [5, 5.41) is 13.1. The SMILES string of the molecule is CC(C)c1ccc(C(=O)Nc2cccc(CN3CCN(C)CC3)c2)c(O)c1. The van der Waals surface area contributed by atoms with E-state index in [0.717, 1.165) is 44.0 Å². The number of phenolic OH excluding ortho intramolecular Hbond substituents is 1. The number of hydrogen-bond acceptors (Lipinski definition) is 4. The Morgan fingerprint density at radius 1 is 1.11 bits per heavy atom. The molecule has 2 N–H and O–H groups in total. The molecule has 5 heteroatoms. The Labute approximate surface area is 161 Å². The van der Waals surface area contributed by atoms with Gasteiger partial charge in [0, 0.05) is 38.4 Å². The Bertz CT molecular complexity index is 796. The third-order valence-electron chi connectivity index (χ3n) is 5.12. The molecular formula is C22H29N3O2. The number of anilines is 1. The van der Waals surface area contributed by atoms with E-state index in [4.69, 9.17) is 0 Å². The lowest BCUT2D eigenvalue weighted by molar-refractivity contribution is 0.102. The molecule has 1 aliphatic heterocycles. The summed E-state index contributed by atoms with van der Waals surface area (Å²) in [5.74, 6) is 0.0334. The zero-order valence-electron chi connectivity index (χ0n) is 16.4. The molecule has 27 heavy (non-hydrogen) atoms. The summed E-state index contributed by atoms with van der Waals surface area (Å²) in [4.78, 5) is 17.3. The first-order valence-corrected chi connectivity index (χ1v) is 9.56. The first-order chi connectivity index (χ1) is 12.9. The number of likely N-dealkylation sites (N-methyl/N-ethyl adjacent to an activating group) is 1. The number of aromatic hydroxyl groups is 1. The van der Waals surface area contributed by atoms with E-state index in [1.165, 1.54) is 5.56 Å². The van der Waals surface area contributed by atoms with Crippen LogP contribution in [0.1, 0.15) is 41.3 Å². The number of rotatable bonds is 5. The Morgan fingerprint density at radius 3 is 2.52 bits per heavy atom. The van der Waals surface area contributed by atoms with Gasteiger partial charge in [0.2, 0.25) is 0 Å². The first-order valence-electron chi connectivity index (χ1n) is 9.56. The van der Waals surface area contributed by atoms with Crippen LogP contribution in [0.25, 0.3) is 0 Å². The monoisotopic (exact) mass is 367 g/mol. The standard InChI is InChI=1S/C22H29N3O2/c1-16(2)18-7-8-20(21(26)14-18)22(27)23-19-6-4-5-17(13-19)15-25-11-9-24(3)10-12-25/h4-8,13-14,16,26H,9-12,15H2,1-3H3,(H,23,27). The maximum absolute atomic E-state index is 12.6. The highest BCUT2D eigenvalue weighted by Gasteiger charge is 2.15. The average molecular weight is 367 g/mol. The van der Waals surface area contributed by atoms with Gasteiger partial charge in [-0.05, 0) is 48.4 Å². The van der Waals surface area contributed by atoms with Gasteiger partial charge >= 0.3 is 0 Å². The van der Waals surface area contributed by atoms with Crippen LogP contribution in [0.3, 0.4) is 0 Å². The van der Waals surface area contributed by atoms with Crippen LogP contribution in [0.15, 0.2) is 42.5 Å². The van der Waals surface area contributed by atoms with Crippen molar-refractivity contribution in [2.45, 2.75) is 26.3 Å². The third-order valence-corrected chi connectivity index (χ3v) is 5.12. The lowest BCUT2D eigenvalue weighted by Crippen LogP contribution is -2.43. The minimum absolute atomic E-state index is 0.0206. The van der Waals surface area contributed by atoms with Crippen molar-refractivity contribution in [2.75, 3.05) is 38.5 Å². The highest BCUT2D eigenvalue weighted by molar-refractivity contribution is 6.06. The van der Waals surface area contributed by atoms with Crippen molar-refractivity contribution in [1.29, 1.82) is 0 Å². The number of nitrogens with one attached hydrogen (secondary N) is 1. The summed E-state index contributed by atoms with van der Waals surface area (Å²) in [5.41, 5.74) is 3.23. The molecule has 1 heterocycles. The van der Waals surface area contributed by atoms with E-state index in [1.807, 2.05) is 24.3 Å². The highest BCUT2D eigenvalue weighted by atomic mass is 16.3. The smallest absolute Gasteiger partial charge is 0.259 e. The van der Waals surface area contributed by atoms with E-state index in [0.29, 0.717) is 11.5 Å². The number of amides is 1.